The minimum Gasteiger partial charge on any atom is -0.364 e. The predicted molar refractivity (Wildman–Crippen MR) is 73.7 cm³/mol. The molecule has 0 aromatic carbocycles. The fourth-order valence-electron chi connectivity index (χ4n) is 2.33. The van der Waals surface area contributed by atoms with Crippen LogP contribution in [0.1, 0.15) is 30.0 Å². The van der Waals surface area contributed by atoms with E-state index in [0.717, 1.165) is 6.92 Å². The number of hydrogen-bond donors (Lipinski definition) is 4. The molecule has 2 rings (SSSR count). The topological polar surface area (TPSA) is 106 Å². The fraction of sp³-hybridized carbons (Fsp3) is 0.538. The van der Waals surface area contributed by atoms with E-state index in [1.165, 1.54) is 6.07 Å². The van der Waals surface area contributed by atoms with E-state index in [1.54, 1.807) is 19.1 Å². The van der Waals surface area contributed by atoms with Gasteiger partial charge in [0.25, 0.3) is 5.91 Å². The molecule has 6 N–H and O–H groups in total. The van der Waals surface area contributed by atoms with Crippen molar-refractivity contribution >= 4 is 5.91 Å². The maximum absolute atomic E-state index is 13.1. The van der Waals surface area contributed by atoms with Gasteiger partial charge in [-0.05, 0) is 26.0 Å². The highest BCUT2D eigenvalue weighted by atomic mass is 19.4. The zero-order chi connectivity index (χ0) is 16.8. The molecule has 1 aliphatic heterocycles. The lowest BCUT2D eigenvalue weighted by molar-refractivity contribution is -0.209. The van der Waals surface area contributed by atoms with Crippen molar-refractivity contribution in [1.82, 2.24) is 15.6 Å². The van der Waals surface area contributed by atoms with Gasteiger partial charge in [-0.3, -0.25) is 15.4 Å². The maximum atomic E-state index is 13.1. The number of aromatic nitrogens is 1. The number of amides is 1. The lowest BCUT2D eigenvalue weighted by Crippen LogP contribution is -2.78. The summed E-state index contributed by atoms with van der Waals surface area (Å²) in [4.78, 5) is 15.3. The monoisotopic (exact) mass is 317 g/mol. The van der Waals surface area contributed by atoms with Crippen molar-refractivity contribution in [3.63, 3.8) is 0 Å². The number of hydrogen-bond acceptors (Lipinski definition) is 5. The quantitative estimate of drug-likeness (QED) is 0.623. The van der Waals surface area contributed by atoms with Gasteiger partial charge in [0.2, 0.25) is 0 Å². The van der Waals surface area contributed by atoms with Gasteiger partial charge in [0, 0.05) is 6.54 Å². The summed E-state index contributed by atoms with van der Waals surface area (Å²) in [6.07, 6.45) is -5.89. The summed E-state index contributed by atoms with van der Waals surface area (Å²) in [5.74, 6) is -0.710. The van der Waals surface area contributed by atoms with E-state index in [9.17, 15) is 18.0 Å². The summed E-state index contributed by atoms with van der Waals surface area (Å²) in [5, 5.41) is 5.21. The maximum Gasteiger partial charge on any atom is 0.409 e. The molecule has 1 fully saturated rings. The average molecular weight is 317 g/mol. The highest BCUT2D eigenvalue weighted by molar-refractivity contribution is 5.90. The second-order valence-corrected chi connectivity index (χ2v) is 5.78. The second-order valence-electron chi connectivity index (χ2n) is 5.78. The van der Waals surface area contributed by atoms with Gasteiger partial charge in [0.05, 0.1) is 17.4 Å². The van der Waals surface area contributed by atoms with Gasteiger partial charge in [-0.25, -0.2) is 4.98 Å². The first-order valence-corrected chi connectivity index (χ1v) is 6.62. The molecule has 1 aliphatic rings. The molecule has 3 unspecified atom stereocenters. The number of piperazine rings is 1. The van der Waals surface area contributed by atoms with Crippen LogP contribution in [-0.4, -0.2) is 35.3 Å². The van der Waals surface area contributed by atoms with Crippen LogP contribution in [0.3, 0.4) is 0 Å². The Morgan fingerprint density at radius 2 is 2.05 bits per heavy atom. The Labute approximate surface area is 125 Å². The van der Waals surface area contributed by atoms with E-state index in [4.69, 9.17) is 11.5 Å². The Bertz CT molecular complexity index is 593. The third-order valence-corrected chi connectivity index (χ3v) is 4.06. The molecular formula is C13H18F3N5O. The third kappa shape index (κ3) is 2.67. The molecule has 0 spiro atoms. The summed E-state index contributed by atoms with van der Waals surface area (Å²) in [6, 6.07) is 4.60. The minimum atomic E-state index is -4.51. The van der Waals surface area contributed by atoms with Gasteiger partial charge in [0.1, 0.15) is 11.2 Å². The number of carbonyl (C=O) groups is 1. The number of primary amides is 1. The number of carbonyl (C=O) groups excluding carboxylic acids is 1. The van der Waals surface area contributed by atoms with Crippen molar-refractivity contribution in [1.29, 1.82) is 0 Å². The van der Waals surface area contributed by atoms with Crippen LogP contribution in [0.4, 0.5) is 13.2 Å². The van der Waals surface area contributed by atoms with Crippen molar-refractivity contribution in [3.8, 4) is 0 Å². The zero-order valence-electron chi connectivity index (χ0n) is 12.2. The molecule has 1 saturated heterocycles. The number of rotatable bonds is 2. The van der Waals surface area contributed by atoms with E-state index in [2.05, 4.69) is 15.6 Å². The lowest BCUT2D eigenvalue weighted by atomic mass is 9.86. The first-order valence-electron chi connectivity index (χ1n) is 6.62. The minimum absolute atomic E-state index is 0.0400. The number of alkyl halides is 3. The summed E-state index contributed by atoms with van der Waals surface area (Å²) in [7, 11) is 0. The first-order chi connectivity index (χ1) is 9.99. The molecule has 122 valence electrons. The summed E-state index contributed by atoms with van der Waals surface area (Å²) in [6.45, 7) is 2.59. The van der Waals surface area contributed by atoms with E-state index < -0.39 is 29.3 Å². The van der Waals surface area contributed by atoms with Crippen LogP contribution in [-0.2, 0) is 5.54 Å². The SMILES string of the molecule is CC1(c2cccc(C(N)=O)n2)CNC(C)(C(F)(F)F)C(N)N1. The van der Waals surface area contributed by atoms with Crippen LogP contribution in [0, 0.1) is 0 Å². The molecule has 0 aliphatic carbocycles. The molecule has 3 atom stereocenters. The molecule has 22 heavy (non-hydrogen) atoms. The smallest absolute Gasteiger partial charge is 0.364 e. The lowest BCUT2D eigenvalue weighted by Gasteiger charge is -2.49. The number of nitrogens with two attached hydrogens (primary N) is 2. The molecule has 1 aromatic heterocycles. The molecule has 6 nitrogen and oxygen atoms in total. The van der Waals surface area contributed by atoms with Gasteiger partial charge in [-0.2, -0.15) is 13.2 Å². The number of nitrogens with one attached hydrogen (secondary N) is 2. The van der Waals surface area contributed by atoms with Crippen molar-refractivity contribution < 1.29 is 18.0 Å². The van der Waals surface area contributed by atoms with E-state index in [0.29, 0.717) is 5.69 Å². The molecule has 0 radical (unpaired) electrons. The third-order valence-electron chi connectivity index (χ3n) is 4.06. The van der Waals surface area contributed by atoms with E-state index in [-0.39, 0.29) is 12.2 Å². The van der Waals surface area contributed by atoms with Crippen LogP contribution < -0.4 is 22.1 Å². The molecule has 9 heteroatoms. The molecule has 2 heterocycles. The van der Waals surface area contributed by atoms with Crippen LogP contribution in [0.15, 0.2) is 18.2 Å². The van der Waals surface area contributed by atoms with Crippen LogP contribution >= 0.6 is 0 Å². The van der Waals surface area contributed by atoms with Crippen LogP contribution in [0.25, 0.3) is 0 Å². The van der Waals surface area contributed by atoms with Gasteiger partial charge in [-0.1, -0.05) is 6.07 Å². The number of pyridine rings is 1. The van der Waals surface area contributed by atoms with Crippen LogP contribution in [0.2, 0.25) is 0 Å². The molecule has 1 aromatic rings. The van der Waals surface area contributed by atoms with Crippen molar-refractivity contribution in [2.24, 2.45) is 11.5 Å². The zero-order valence-corrected chi connectivity index (χ0v) is 12.2. The van der Waals surface area contributed by atoms with Gasteiger partial charge >= 0.3 is 6.18 Å². The number of halogens is 3. The highest BCUT2D eigenvalue weighted by Gasteiger charge is 2.59. The Hall–Kier alpha value is -1.71. The second kappa shape index (κ2) is 5.18. The van der Waals surface area contributed by atoms with Crippen LogP contribution in [0.5, 0.6) is 0 Å². The van der Waals surface area contributed by atoms with Gasteiger partial charge in [-0.15, -0.1) is 0 Å². The predicted octanol–water partition coefficient (Wildman–Crippen LogP) is 0.194. The fourth-order valence-corrected chi connectivity index (χ4v) is 2.33. The first kappa shape index (κ1) is 16.7. The Morgan fingerprint density at radius 3 is 2.55 bits per heavy atom. The summed E-state index contributed by atoms with van der Waals surface area (Å²) < 4.78 is 39.4. The van der Waals surface area contributed by atoms with Crippen molar-refractivity contribution in [2.75, 3.05) is 6.54 Å². The molecule has 0 bridgehead atoms. The molecule has 0 saturated carbocycles. The highest BCUT2D eigenvalue weighted by Crippen LogP contribution is 2.36. The Morgan fingerprint density at radius 1 is 1.41 bits per heavy atom. The van der Waals surface area contributed by atoms with E-state index >= 15 is 0 Å². The van der Waals surface area contributed by atoms with Crippen molar-refractivity contribution in [3.05, 3.63) is 29.6 Å². The molecule has 1 amide bonds. The Balaban J connectivity index is 2.31. The van der Waals surface area contributed by atoms with Crippen molar-refractivity contribution in [2.45, 2.75) is 37.3 Å². The summed E-state index contributed by atoms with van der Waals surface area (Å²) in [5.41, 5.74) is 8.08. The van der Waals surface area contributed by atoms with Gasteiger partial charge in [0.15, 0.2) is 0 Å². The number of nitrogens with zero attached hydrogens (tertiary/aromatic N) is 1. The standard InChI is InChI=1S/C13H18F3N5O/c1-11(8-5-3-4-7(20-8)9(17)22)6-19-12(2,10(18)21-11)13(14,15)16/h3-5,10,19,21H,6,18H2,1-2H3,(H2,17,22). The normalized spacial score (nSPS) is 32.7. The largest absolute Gasteiger partial charge is 0.409 e. The molecular weight excluding hydrogens is 299 g/mol. The average Bonchev–Trinajstić information content (AvgIpc) is 2.42. The van der Waals surface area contributed by atoms with E-state index in [1.807, 2.05) is 0 Å². The van der Waals surface area contributed by atoms with Gasteiger partial charge < -0.3 is 11.5 Å². The summed E-state index contributed by atoms with van der Waals surface area (Å²) >= 11 is 0. The Kier molecular flexibility index (Phi) is 3.92.